The first-order valence-corrected chi connectivity index (χ1v) is 6.82. The topological polar surface area (TPSA) is 78.7 Å². The molecule has 6 nitrogen and oxygen atoms in total. The van der Waals surface area contributed by atoms with Crippen molar-refractivity contribution in [2.45, 2.75) is 19.1 Å². The maximum absolute atomic E-state index is 11.2. The molecule has 1 unspecified atom stereocenters. The summed E-state index contributed by atoms with van der Waals surface area (Å²) in [7, 11) is 1.49. The summed E-state index contributed by atoms with van der Waals surface area (Å²) >= 11 is 0.887. The molecule has 0 aliphatic carbocycles. The minimum Gasteiger partial charge on any atom is -0.493 e. The van der Waals surface area contributed by atoms with Crippen LogP contribution in [0, 0.1) is 16.7 Å². The minimum atomic E-state index is -0.660. The maximum Gasteiger partial charge on any atom is 0.184 e. The molecule has 0 N–H and O–H groups in total. The highest BCUT2D eigenvalue weighted by atomic mass is 32.2. The molecule has 1 atom stereocenters. The van der Waals surface area contributed by atoms with E-state index in [0.717, 1.165) is 18.3 Å². The van der Waals surface area contributed by atoms with Gasteiger partial charge in [-0.3, -0.25) is 14.9 Å². The third kappa shape index (κ3) is 4.65. The summed E-state index contributed by atoms with van der Waals surface area (Å²) in [5, 5.41) is 9.80. The van der Waals surface area contributed by atoms with Gasteiger partial charge in [-0.05, 0) is 30.9 Å². The summed E-state index contributed by atoms with van der Waals surface area (Å²) in [5.41, 5.74) is 0.613. The Morgan fingerprint density at radius 1 is 1.50 bits per heavy atom. The van der Waals surface area contributed by atoms with Gasteiger partial charge in [0, 0.05) is 6.92 Å². The van der Waals surface area contributed by atoms with Crippen LogP contribution in [-0.4, -0.2) is 23.8 Å². The summed E-state index contributed by atoms with van der Waals surface area (Å²) in [6.45, 7) is 4.60. The van der Waals surface area contributed by atoms with E-state index < -0.39 is 10.2 Å². The van der Waals surface area contributed by atoms with E-state index in [0.29, 0.717) is 23.7 Å². The fraction of sp³-hybridized carbons (Fsp3) is 0.385. The van der Waals surface area contributed by atoms with Crippen molar-refractivity contribution in [3.05, 3.63) is 40.4 Å². The molecular formula is C13H16NO5S-. The molecule has 0 aromatic heterocycles. The van der Waals surface area contributed by atoms with Crippen molar-refractivity contribution in [3.63, 3.8) is 0 Å². The first-order valence-electron chi connectivity index (χ1n) is 5.94. The zero-order chi connectivity index (χ0) is 15.1. The van der Waals surface area contributed by atoms with Gasteiger partial charge in [-0.15, -0.1) is 16.7 Å². The van der Waals surface area contributed by atoms with E-state index in [1.807, 2.05) is 6.92 Å². The van der Waals surface area contributed by atoms with E-state index in [-0.39, 0.29) is 5.12 Å². The number of carbonyl (C=O) groups excluding carboxylic acids is 1. The number of ether oxygens (including phenoxy) is 2. The molecule has 0 radical (unpaired) electrons. The molecule has 1 rings (SSSR count). The van der Waals surface area contributed by atoms with E-state index in [9.17, 15) is 14.9 Å². The standard InChI is InChI=1S/C13H16NO5S/c1-4-19-11-6-5-10(7-12(11)18-3)13(8-14(16)17)20-9(2)15/h5-8,13H,4H2,1-3H3/q-1. The number of nitrogens with zero attached hydrogens (tertiary/aromatic N) is 1. The number of rotatable bonds is 7. The molecule has 0 saturated carbocycles. The molecule has 0 heterocycles. The molecule has 110 valence electrons. The van der Waals surface area contributed by atoms with Gasteiger partial charge in [-0.1, -0.05) is 11.6 Å². The number of methoxy groups -OCH3 is 1. The fourth-order valence-corrected chi connectivity index (χ4v) is 2.41. The quantitative estimate of drug-likeness (QED) is 0.437. The van der Waals surface area contributed by atoms with Crippen LogP contribution in [0.5, 0.6) is 11.5 Å². The maximum atomic E-state index is 11.2. The number of thioether (sulfide) groups is 1. The first kappa shape index (κ1) is 16.2. The molecule has 1 aromatic carbocycles. The van der Waals surface area contributed by atoms with Gasteiger partial charge in [0.15, 0.2) is 16.6 Å². The second-order valence-electron chi connectivity index (χ2n) is 3.81. The predicted octanol–water partition coefficient (Wildman–Crippen LogP) is 2.85. The van der Waals surface area contributed by atoms with Crippen molar-refractivity contribution >= 4 is 16.9 Å². The SMILES string of the molecule is CCOc1ccc(C([CH-][N+](=O)[O-])SC(C)=O)cc1OC. The van der Waals surface area contributed by atoms with Crippen LogP contribution in [0.25, 0.3) is 0 Å². The zero-order valence-corrected chi connectivity index (χ0v) is 12.3. The van der Waals surface area contributed by atoms with Gasteiger partial charge in [-0.25, -0.2) is 0 Å². The van der Waals surface area contributed by atoms with Crippen LogP contribution >= 0.6 is 11.8 Å². The van der Waals surface area contributed by atoms with Crippen molar-refractivity contribution < 1.29 is 19.2 Å². The summed E-state index contributed by atoms with van der Waals surface area (Å²) in [4.78, 5) is 21.3. The second kappa shape index (κ2) is 7.64. The Kier molecular flexibility index (Phi) is 6.17. The molecule has 0 fully saturated rings. The Morgan fingerprint density at radius 2 is 2.20 bits per heavy atom. The average molecular weight is 298 g/mol. The number of hydrogen-bond acceptors (Lipinski definition) is 6. The predicted molar refractivity (Wildman–Crippen MR) is 76.5 cm³/mol. The Labute approximate surface area is 121 Å². The Morgan fingerprint density at radius 3 is 2.70 bits per heavy atom. The lowest BCUT2D eigenvalue weighted by Crippen LogP contribution is -2.06. The molecule has 0 aliphatic heterocycles. The van der Waals surface area contributed by atoms with Crippen LogP contribution in [0.2, 0.25) is 0 Å². The fourth-order valence-electron chi connectivity index (χ4n) is 1.61. The highest BCUT2D eigenvalue weighted by Crippen LogP contribution is 2.37. The summed E-state index contributed by atoms with van der Waals surface area (Å²) in [5.74, 6) is 1.04. The van der Waals surface area contributed by atoms with Gasteiger partial charge < -0.3 is 9.47 Å². The molecule has 20 heavy (non-hydrogen) atoms. The monoisotopic (exact) mass is 298 g/mol. The lowest BCUT2D eigenvalue weighted by Gasteiger charge is -2.20. The van der Waals surface area contributed by atoms with Crippen molar-refractivity contribution in [2.75, 3.05) is 13.7 Å². The van der Waals surface area contributed by atoms with Gasteiger partial charge in [-0.2, -0.15) is 0 Å². The summed E-state index contributed by atoms with van der Waals surface area (Å²) < 4.78 is 10.6. The Bertz CT molecular complexity index is 476. The van der Waals surface area contributed by atoms with E-state index in [4.69, 9.17) is 9.47 Å². The van der Waals surface area contributed by atoms with Gasteiger partial charge in [0.2, 0.25) is 0 Å². The number of nitro groups is 1. The Balaban J connectivity index is 3.06. The lowest BCUT2D eigenvalue weighted by molar-refractivity contribution is -0.437. The van der Waals surface area contributed by atoms with Crippen LogP contribution < -0.4 is 9.47 Å². The second-order valence-corrected chi connectivity index (χ2v) is 5.13. The van der Waals surface area contributed by atoms with Crippen LogP contribution in [0.15, 0.2) is 18.2 Å². The van der Waals surface area contributed by atoms with Gasteiger partial charge >= 0.3 is 0 Å². The minimum absolute atomic E-state index is 0.194. The van der Waals surface area contributed by atoms with Crippen LogP contribution in [0.1, 0.15) is 24.7 Å². The Hall–Kier alpha value is -1.89. The molecule has 0 bridgehead atoms. The highest BCUT2D eigenvalue weighted by molar-refractivity contribution is 8.13. The molecule has 0 spiro atoms. The van der Waals surface area contributed by atoms with Gasteiger partial charge in [0.1, 0.15) is 0 Å². The number of hydrogen-bond donors (Lipinski definition) is 0. The first-order chi connectivity index (χ1) is 9.47. The largest absolute Gasteiger partial charge is 0.493 e. The third-order valence-corrected chi connectivity index (χ3v) is 3.35. The van der Waals surface area contributed by atoms with Crippen molar-refractivity contribution in [1.82, 2.24) is 0 Å². The van der Waals surface area contributed by atoms with Crippen LogP contribution in [0.3, 0.4) is 0 Å². The summed E-state index contributed by atoms with van der Waals surface area (Å²) in [6.07, 6.45) is 0. The van der Waals surface area contributed by atoms with E-state index in [1.54, 1.807) is 18.2 Å². The number of benzene rings is 1. The zero-order valence-electron chi connectivity index (χ0n) is 11.5. The highest BCUT2D eigenvalue weighted by Gasteiger charge is 2.15. The van der Waals surface area contributed by atoms with Gasteiger partial charge in [0.05, 0.1) is 13.7 Å². The van der Waals surface area contributed by atoms with Gasteiger partial charge in [0.25, 0.3) is 0 Å². The van der Waals surface area contributed by atoms with Crippen molar-refractivity contribution in [1.29, 1.82) is 0 Å². The van der Waals surface area contributed by atoms with Crippen molar-refractivity contribution in [2.24, 2.45) is 0 Å². The van der Waals surface area contributed by atoms with Crippen molar-refractivity contribution in [3.8, 4) is 11.5 Å². The molecule has 0 saturated heterocycles. The number of carbonyl (C=O) groups is 1. The normalized spacial score (nSPS) is 11.6. The molecule has 0 amide bonds. The molecule has 1 aromatic rings. The molecule has 0 aliphatic rings. The van der Waals surface area contributed by atoms with Crippen LogP contribution in [0.4, 0.5) is 0 Å². The summed E-state index contributed by atoms with van der Waals surface area (Å²) in [6, 6.07) is 5.01. The van der Waals surface area contributed by atoms with E-state index in [2.05, 4.69) is 0 Å². The van der Waals surface area contributed by atoms with E-state index in [1.165, 1.54) is 14.0 Å². The molecular weight excluding hydrogens is 282 g/mol. The molecule has 7 heteroatoms. The third-order valence-electron chi connectivity index (χ3n) is 2.37. The smallest absolute Gasteiger partial charge is 0.184 e. The van der Waals surface area contributed by atoms with E-state index >= 15 is 0 Å². The van der Waals surface area contributed by atoms with Crippen LogP contribution in [-0.2, 0) is 4.79 Å². The lowest BCUT2D eigenvalue weighted by atomic mass is 10.1. The average Bonchev–Trinajstić information content (AvgIpc) is 2.37.